The molecule has 0 fully saturated rings. The molecule has 0 aromatic rings. The van der Waals surface area contributed by atoms with Crippen LogP contribution in [0, 0.1) is 11.8 Å². The second-order valence-corrected chi connectivity index (χ2v) is 4.16. The summed E-state index contributed by atoms with van der Waals surface area (Å²) in [7, 11) is 2.05. The zero-order valence-electron chi connectivity index (χ0n) is 9.19. The van der Waals surface area contributed by atoms with Gasteiger partial charge in [0.05, 0.1) is 0 Å². The maximum atomic E-state index is 3.26. The zero-order chi connectivity index (χ0) is 9.40. The van der Waals surface area contributed by atoms with E-state index in [0.717, 1.165) is 11.8 Å². The first-order valence-corrected chi connectivity index (χ1v) is 5.35. The molecular formula is C11H25N. The van der Waals surface area contributed by atoms with E-state index in [2.05, 4.69) is 26.1 Å². The summed E-state index contributed by atoms with van der Waals surface area (Å²) in [6.07, 6.45) is 5.51. The van der Waals surface area contributed by atoms with Crippen LogP contribution in [0.5, 0.6) is 0 Å². The Morgan fingerprint density at radius 1 is 1.17 bits per heavy atom. The van der Waals surface area contributed by atoms with Crippen molar-refractivity contribution in [2.75, 3.05) is 13.6 Å². The molecule has 74 valence electrons. The Kier molecular flexibility index (Phi) is 7.58. The highest BCUT2D eigenvalue weighted by molar-refractivity contribution is 4.60. The topological polar surface area (TPSA) is 12.0 Å². The van der Waals surface area contributed by atoms with E-state index in [0.29, 0.717) is 0 Å². The van der Waals surface area contributed by atoms with Gasteiger partial charge in [-0.2, -0.15) is 0 Å². The van der Waals surface area contributed by atoms with Gasteiger partial charge in [0.15, 0.2) is 0 Å². The van der Waals surface area contributed by atoms with Crippen molar-refractivity contribution in [2.24, 2.45) is 11.8 Å². The van der Waals surface area contributed by atoms with Gasteiger partial charge in [-0.3, -0.25) is 0 Å². The average molecular weight is 171 g/mol. The van der Waals surface area contributed by atoms with Gasteiger partial charge >= 0.3 is 0 Å². The highest BCUT2D eigenvalue weighted by Crippen LogP contribution is 2.14. The molecular weight excluding hydrogens is 146 g/mol. The summed E-state index contributed by atoms with van der Waals surface area (Å²) in [6.45, 7) is 8.09. The van der Waals surface area contributed by atoms with E-state index in [-0.39, 0.29) is 0 Å². The maximum absolute atomic E-state index is 3.26. The van der Waals surface area contributed by atoms with E-state index in [1.54, 1.807) is 0 Å². The molecule has 0 saturated carbocycles. The van der Waals surface area contributed by atoms with Gasteiger partial charge < -0.3 is 5.32 Å². The van der Waals surface area contributed by atoms with Crippen LogP contribution in [0.2, 0.25) is 0 Å². The van der Waals surface area contributed by atoms with Crippen molar-refractivity contribution in [3.63, 3.8) is 0 Å². The molecule has 0 aromatic heterocycles. The molecule has 0 aliphatic carbocycles. The van der Waals surface area contributed by atoms with Crippen LogP contribution >= 0.6 is 0 Å². The van der Waals surface area contributed by atoms with Crippen LogP contribution in [0.15, 0.2) is 0 Å². The molecule has 0 rings (SSSR count). The zero-order valence-corrected chi connectivity index (χ0v) is 9.19. The molecule has 0 spiro atoms. The predicted octanol–water partition coefficient (Wildman–Crippen LogP) is 3.06. The lowest BCUT2D eigenvalue weighted by Gasteiger charge is -2.14. The third-order valence-electron chi connectivity index (χ3n) is 2.46. The second-order valence-electron chi connectivity index (χ2n) is 4.16. The highest BCUT2D eigenvalue weighted by atomic mass is 14.8. The van der Waals surface area contributed by atoms with Crippen LogP contribution in [0.25, 0.3) is 0 Å². The van der Waals surface area contributed by atoms with Gasteiger partial charge in [-0.05, 0) is 31.8 Å². The largest absolute Gasteiger partial charge is 0.319 e. The number of nitrogens with one attached hydrogen (secondary N) is 1. The monoisotopic (exact) mass is 171 g/mol. The van der Waals surface area contributed by atoms with Crippen LogP contribution in [0.3, 0.4) is 0 Å². The van der Waals surface area contributed by atoms with Crippen LogP contribution < -0.4 is 5.32 Å². The van der Waals surface area contributed by atoms with E-state index < -0.39 is 0 Å². The molecule has 1 N–H and O–H groups in total. The highest BCUT2D eigenvalue weighted by Gasteiger charge is 2.04. The van der Waals surface area contributed by atoms with Crippen LogP contribution in [-0.4, -0.2) is 13.6 Å². The predicted molar refractivity (Wildman–Crippen MR) is 56.4 cm³/mol. The maximum Gasteiger partial charge on any atom is -0.00236 e. The fourth-order valence-corrected chi connectivity index (χ4v) is 1.55. The molecule has 0 radical (unpaired) electrons. The van der Waals surface area contributed by atoms with E-state index in [1.807, 2.05) is 7.05 Å². The lowest BCUT2D eigenvalue weighted by atomic mass is 9.96. The standard InChI is InChI=1S/C11H25N/c1-5-11(9-12-4)8-6-7-10(2)3/h10-12H,5-9H2,1-4H3. The quantitative estimate of drug-likeness (QED) is 0.621. The molecule has 0 bridgehead atoms. The normalized spacial score (nSPS) is 13.8. The molecule has 0 heterocycles. The smallest absolute Gasteiger partial charge is 0.00236 e. The minimum atomic E-state index is 0.872. The van der Waals surface area contributed by atoms with Crippen molar-refractivity contribution in [3.05, 3.63) is 0 Å². The molecule has 1 unspecified atom stereocenters. The lowest BCUT2D eigenvalue weighted by Crippen LogP contribution is -2.18. The molecule has 1 atom stereocenters. The minimum Gasteiger partial charge on any atom is -0.319 e. The van der Waals surface area contributed by atoms with Crippen molar-refractivity contribution in [1.29, 1.82) is 0 Å². The van der Waals surface area contributed by atoms with Crippen molar-refractivity contribution in [1.82, 2.24) is 5.32 Å². The SMILES string of the molecule is CCC(CCCC(C)C)CNC. The summed E-state index contributed by atoms with van der Waals surface area (Å²) >= 11 is 0. The fourth-order valence-electron chi connectivity index (χ4n) is 1.55. The van der Waals surface area contributed by atoms with Gasteiger partial charge in [0.25, 0.3) is 0 Å². The van der Waals surface area contributed by atoms with E-state index in [4.69, 9.17) is 0 Å². The first-order valence-electron chi connectivity index (χ1n) is 5.35. The Labute approximate surface area is 77.9 Å². The van der Waals surface area contributed by atoms with E-state index in [1.165, 1.54) is 32.2 Å². The lowest BCUT2D eigenvalue weighted by molar-refractivity contribution is 0.410. The molecule has 0 aromatic carbocycles. The van der Waals surface area contributed by atoms with Crippen molar-refractivity contribution in [3.8, 4) is 0 Å². The summed E-state index contributed by atoms with van der Waals surface area (Å²) in [4.78, 5) is 0. The molecule has 12 heavy (non-hydrogen) atoms. The second kappa shape index (κ2) is 7.60. The molecule has 0 amide bonds. The Balaban J connectivity index is 3.31. The third-order valence-corrected chi connectivity index (χ3v) is 2.46. The Morgan fingerprint density at radius 3 is 2.25 bits per heavy atom. The fraction of sp³-hybridized carbons (Fsp3) is 1.00. The van der Waals surface area contributed by atoms with Gasteiger partial charge in [0.1, 0.15) is 0 Å². The van der Waals surface area contributed by atoms with Gasteiger partial charge in [-0.1, -0.05) is 40.0 Å². The molecule has 1 nitrogen and oxygen atoms in total. The molecule has 0 aliphatic heterocycles. The number of rotatable bonds is 7. The molecule has 0 saturated heterocycles. The first kappa shape index (κ1) is 12.0. The molecule has 1 heteroatoms. The summed E-state index contributed by atoms with van der Waals surface area (Å²) in [5.41, 5.74) is 0. The summed E-state index contributed by atoms with van der Waals surface area (Å²) in [6, 6.07) is 0. The van der Waals surface area contributed by atoms with E-state index >= 15 is 0 Å². The summed E-state index contributed by atoms with van der Waals surface area (Å²) < 4.78 is 0. The average Bonchev–Trinajstić information content (AvgIpc) is 2.02. The molecule has 0 aliphatic rings. The first-order chi connectivity index (χ1) is 5.70. The third kappa shape index (κ3) is 6.66. The van der Waals surface area contributed by atoms with Crippen LogP contribution in [-0.2, 0) is 0 Å². The van der Waals surface area contributed by atoms with Crippen molar-refractivity contribution in [2.45, 2.75) is 46.5 Å². The van der Waals surface area contributed by atoms with Gasteiger partial charge in [0, 0.05) is 0 Å². The van der Waals surface area contributed by atoms with Gasteiger partial charge in [-0.15, -0.1) is 0 Å². The van der Waals surface area contributed by atoms with Crippen molar-refractivity contribution >= 4 is 0 Å². The van der Waals surface area contributed by atoms with Crippen LogP contribution in [0.1, 0.15) is 46.5 Å². The Morgan fingerprint density at radius 2 is 1.83 bits per heavy atom. The minimum absolute atomic E-state index is 0.872. The van der Waals surface area contributed by atoms with Crippen LogP contribution in [0.4, 0.5) is 0 Å². The van der Waals surface area contributed by atoms with Gasteiger partial charge in [0.2, 0.25) is 0 Å². The number of hydrogen-bond acceptors (Lipinski definition) is 1. The summed E-state index contributed by atoms with van der Waals surface area (Å²) in [5, 5.41) is 3.26. The van der Waals surface area contributed by atoms with Gasteiger partial charge in [-0.25, -0.2) is 0 Å². The van der Waals surface area contributed by atoms with Crippen molar-refractivity contribution < 1.29 is 0 Å². The Bertz CT molecular complexity index is 89.0. The van der Waals surface area contributed by atoms with E-state index in [9.17, 15) is 0 Å². The summed E-state index contributed by atoms with van der Waals surface area (Å²) in [5.74, 6) is 1.77. The Hall–Kier alpha value is -0.0400. The number of hydrogen-bond donors (Lipinski definition) is 1.